The first-order valence-electron chi connectivity index (χ1n) is 15.2. The number of rotatable bonds is 3. The standard InChI is InChI=1S/C40H36N4/c1-39(2,3)33-30-22-19-25-18-13-23-41-35(25)32(30)34(40(4,5)6)29-21-20-28(24-31(29)33)38-43-36(26-14-9-7-10-15-26)42-37(44-38)27-16-11-8-12-17-27/h7-24H,1-6H3. The molecule has 0 atom stereocenters. The van der Waals surface area contributed by atoms with Crippen molar-refractivity contribution < 1.29 is 0 Å². The maximum atomic E-state index is 5.04. The van der Waals surface area contributed by atoms with E-state index in [2.05, 4.69) is 77.9 Å². The third kappa shape index (κ3) is 4.81. The molecule has 0 unspecified atom stereocenters. The predicted octanol–water partition coefficient (Wildman–Crippen LogP) is 10.3. The van der Waals surface area contributed by atoms with Crippen LogP contribution in [0.25, 0.3) is 66.6 Å². The van der Waals surface area contributed by atoms with Gasteiger partial charge in [0.1, 0.15) is 0 Å². The summed E-state index contributed by atoms with van der Waals surface area (Å²) < 4.78 is 0. The number of pyridine rings is 1. The molecule has 0 aliphatic rings. The Hall–Kier alpha value is -4.96. The third-order valence-electron chi connectivity index (χ3n) is 8.31. The molecule has 0 spiro atoms. The topological polar surface area (TPSA) is 51.6 Å². The van der Waals surface area contributed by atoms with Crippen molar-refractivity contribution in [3.63, 3.8) is 0 Å². The summed E-state index contributed by atoms with van der Waals surface area (Å²) in [6.07, 6.45) is 1.91. The van der Waals surface area contributed by atoms with Gasteiger partial charge in [0.25, 0.3) is 0 Å². The fourth-order valence-electron chi connectivity index (χ4n) is 6.52. The van der Waals surface area contributed by atoms with E-state index >= 15 is 0 Å². The van der Waals surface area contributed by atoms with E-state index in [9.17, 15) is 0 Å². The monoisotopic (exact) mass is 572 g/mol. The highest BCUT2D eigenvalue weighted by Crippen LogP contribution is 2.46. The van der Waals surface area contributed by atoms with Gasteiger partial charge in [-0.15, -0.1) is 0 Å². The van der Waals surface area contributed by atoms with Crippen molar-refractivity contribution >= 4 is 32.4 Å². The molecule has 2 aromatic heterocycles. The molecule has 44 heavy (non-hydrogen) atoms. The van der Waals surface area contributed by atoms with Gasteiger partial charge < -0.3 is 0 Å². The molecule has 0 saturated carbocycles. The molecule has 0 bridgehead atoms. The Bertz CT molecular complexity index is 2110. The lowest BCUT2D eigenvalue weighted by molar-refractivity contribution is 0.593. The lowest BCUT2D eigenvalue weighted by atomic mass is 9.73. The first-order chi connectivity index (χ1) is 21.1. The van der Waals surface area contributed by atoms with Crippen LogP contribution in [-0.4, -0.2) is 19.9 Å². The predicted molar refractivity (Wildman–Crippen MR) is 184 cm³/mol. The number of fused-ring (bicyclic) bond motifs is 4. The summed E-state index contributed by atoms with van der Waals surface area (Å²) in [5.41, 5.74) is 6.34. The fraction of sp³-hybridized carbons (Fsp3) is 0.200. The first kappa shape index (κ1) is 27.8. The van der Waals surface area contributed by atoms with Crippen LogP contribution in [0.15, 0.2) is 109 Å². The summed E-state index contributed by atoms with van der Waals surface area (Å²) in [4.78, 5) is 19.9. The summed E-state index contributed by atoms with van der Waals surface area (Å²) >= 11 is 0. The maximum Gasteiger partial charge on any atom is 0.164 e. The molecule has 5 aromatic carbocycles. The van der Waals surface area contributed by atoms with E-state index in [0.717, 1.165) is 27.6 Å². The van der Waals surface area contributed by atoms with Crippen LogP contribution < -0.4 is 0 Å². The smallest absolute Gasteiger partial charge is 0.164 e. The molecule has 0 saturated heterocycles. The van der Waals surface area contributed by atoms with Crippen LogP contribution in [0.1, 0.15) is 52.7 Å². The van der Waals surface area contributed by atoms with Gasteiger partial charge in [-0.05, 0) is 50.2 Å². The third-order valence-corrected chi connectivity index (χ3v) is 8.31. The first-order valence-corrected chi connectivity index (χ1v) is 15.2. The van der Waals surface area contributed by atoms with E-state index in [1.807, 2.05) is 72.9 Å². The number of benzene rings is 5. The van der Waals surface area contributed by atoms with Crippen LogP contribution in [0.4, 0.5) is 0 Å². The van der Waals surface area contributed by atoms with Gasteiger partial charge in [-0.1, -0.05) is 133 Å². The molecule has 7 rings (SSSR count). The minimum absolute atomic E-state index is 0.117. The number of hydrogen-bond donors (Lipinski definition) is 0. The average molecular weight is 573 g/mol. The second-order valence-electron chi connectivity index (χ2n) is 13.6. The van der Waals surface area contributed by atoms with Gasteiger partial charge in [0.05, 0.1) is 5.52 Å². The Morgan fingerprint density at radius 3 is 1.57 bits per heavy atom. The SMILES string of the molecule is CC(C)(C)c1c2cc(-c3nc(-c4ccccc4)nc(-c4ccccc4)n3)ccc2c(C(C)(C)C)c2c1ccc1cccnc12. The molecule has 0 aliphatic heterocycles. The van der Waals surface area contributed by atoms with Gasteiger partial charge >= 0.3 is 0 Å². The molecular weight excluding hydrogens is 536 g/mol. The normalized spacial score (nSPS) is 12.3. The van der Waals surface area contributed by atoms with Crippen molar-refractivity contribution in [1.29, 1.82) is 0 Å². The van der Waals surface area contributed by atoms with Crippen LogP contribution in [0, 0.1) is 0 Å². The molecule has 0 aliphatic carbocycles. The van der Waals surface area contributed by atoms with E-state index in [0.29, 0.717) is 17.5 Å². The van der Waals surface area contributed by atoms with E-state index in [-0.39, 0.29) is 10.8 Å². The number of nitrogens with zero attached hydrogens (tertiary/aromatic N) is 4. The van der Waals surface area contributed by atoms with Crippen LogP contribution in [-0.2, 0) is 10.8 Å². The highest BCUT2D eigenvalue weighted by atomic mass is 15.0. The summed E-state index contributed by atoms with van der Waals surface area (Å²) in [5, 5.41) is 6.14. The van der Waals surface area contributed by atoms with E-state index in [1.54, 1.807) is 0 Å². The highest BCUT2D eigenvalue weighted by Gasteiger charge is 2.29. The zero-order valence-electron chi connectivity index (χ0n) is 26.2. The quantitative estimate of drug-likeness (QED) is 0.156. The minimum atomic E-state index is -0.127. The highest BCUT2D eigenvalue weighted by molar-refractivity contribution is 6.16. The second-order valence-corrected chi connectivity index (χ2v) is 13.6. The van der Waals surface area contributed by atoms with E-state index < -0.39 is 0 Å². The van der Waals surface area contributed by atoms with Gasteiger partial charge in [0, 0.05) is 33.7 Å². The molecule has 7 aromatic rings. The van der Waals surface area contributed by atoms with Gasteiger partial charge in [-0.2, -0.15) is 0 Å². The van der Waals surface area contributed by atoms with Gasteiger partial charge in [-0.3, -0.25) is 4.98 Å². The maximum absolute atomic E-state index is 5.04. The van der Waals surface area contributed by atoms with Crippen molar-refractivity contribution in [2.75, 3.05) is 0 Å². The Labute approximate surface area is 258 Å². The molecule has 216 valence electrons. The largest absolute Gasteiger partial charge is 0.256 e. The molecular formula is C40H36N4. The molecule has 0 fully saturated rings. The van der Waals surface area contributed by atoms with E-state index in [4.69, 9.17) is 19.9 Å². The van der Waals surface area contributed by atoms with Crippen molar-refractivity contribution in [2.45, 2.75) is 52.4 Å². The number of aromatic nitrogens is 4. The Kier molecular flexibility index (Phi) is 6.55. The fourth-order valence-corrected chi connectivity index (χ4v) is 6.52. The van der Waals surface area contributed by atoms with Crippen LogP contribution in [0.3, 0.4) is 0 Å². The van der Waals surface area contributed by atoms with Crippen molar-refractivity contribution in [3.8, 4) is 34.2 Å². The average Bonchev–Trinajstić information content (AvgIpc) is 3.02. The Morgan fingerprint density at radius 1 is 0.455 bits per heavy atom. The van der Waals surface area contributed by atoms with Crippen molar-refractivity contribution in [3.05, 3.63) is 120 Å². The molecule has 0 N–H and O–H groups in total. The van der Waals surface area contributed by atoms with Crippen LogP contribution in [0.2, 0.25) is 0 Å². The minimum Gasteiger partial charge on any atom is -0.256 e. The van der Waals surface area contributed by atoms with Gasteiger partial charge in [0.15, 0.2) is 17.5 Å². The summed E-state index contributed by atoms with van der Waals surface area (Å²) in [6, 6.07) is 35.7. The van der Waals surface area contributed by atoms with Gasteiger partial charge in [0.2, 0.25) is 0 Å². The van der Waals surface area contributed by atoms with Crippen molar-refractivity contribution in [2.24, 2.45) is 0 Å². The zero-order valence-corrected chi connectivity index (χ0v) is 26.2. The van der Waals surface area contributed by atoms with Crippen LogP contribution in [0.5, 0.6) is 0 Å². The zero-order chi connectivity index (χ0) is 30.6. The molecule has 2 heterocycles. The molecule has 4 heteroatoms. The lowest BCUT2D eigenvalue weighted by Gasteiger charge is -2.31. The van der Waals surface area contributed by atoms with Crippen molar-refractivity contribution in [1.82, 2.24) is 19.9 Å². The summed E-state index contributed by atoms with van der Waals surface area (Å²) in [7, 11) is 0. The molecule has 0 amide bonds. The van der Waals surface area contributed by atoms with Gasteiger partial charge in [-0.25, -0.2) is 15.0 Å². The van der Waals surface area contributed by atoms with Crippen LogP contribution >= 0.6 is 0 Å². The second kappa shape index (κ2) is 10.3. The Balaban J connectivity index is 1.58. The van der Waals surface area contributed by atoms with E-state index in [1.165, 1.54) is 32.7 Å². The number of hydrogen-bond acceptors (Lipinski definition) is 4. The summed E-state index contributed by atoms with van der Waals surface area (Å²) in [5.74, 6) is 1.99. The Morgan fingerprint density at radius 2 is 1.00 bits per heavy atom. The summed E-state index contributed by atoms with van der Waals surface area (Å²) in [6.45, 7) is 13.8. The molecule has 0 radical (unpaired) electrons. The molecule has 4 nitrogen and oxygen atoms in total. The lowest BCUT2D eigenvalue weighted by Crippen LogP contribution is -2.18.